The lowest BCUT2D eigenvalue weighted by molar-refractivity contribution is -0.131. The van der Waals surface area contributed by atoms with Crippen LogP contribution in [0.3, 0.4) is 0 Å². The van der Waals surface area contributed by atoms with E-state index in [4.69, 9.17) is 4.74 Å². The largest absolute Gasteiger partial charge is 0.365 e. The van der Waals surface area contributed by atoms with Crippen LogP contribution in [0, 0.1) is 0 Å². The number of aromatic nitrogens is 1. The fourth-order valence-electron chi connectivity index (χ4n) is 2.46. The highest BCUT2D eigenvalue weighted by Crippen LogP contribution is 2.28. The Labute approximate surface area is 112 Å². The highest BCUT2D eigenvalue weighted by atomic mass is 16.5. The van der Waals surface area contributed by atoms with Crippen LogP contribution in [0.25, 0.3) is 0 Å². The zero-order chi connectivity index (χ0) is 13.1. The van der Waals surface area contributed by atoms with Crippen LogP contribution in [0.1, 0.15) is 22.8 Å². The minimum Gasteiger partial charge on any atom is -0.365 e. The van der Waals surface area contributed by atoms with E-state index in [1.165, 1.54) is 5.56 Å². The molecule has 0 radical (unpaired) electrons. The first-order valence-electron chi connectivity index (χ1n) is 6.45. The van der Waals surface area contributed by atoms with E-state index < -0.39 is 6.10 Å². The Morgan fingerprint density at radius 1 is 1.21 bits per heavy atom. The van der Waals surface area contributed by atoms with E-state index in [9.17, 15) is 4.79 Å². The van der Waals surface area contributed by atoms with Crippen LogP contribution in [-0.2, 0) is 22.4 Å². The Hall–Kier alpha value is -2.00. The van der Waals surface area contributed by atoms with Gasteiger partial charge in [0, 0.05) is 18.8 Å². The van der Waals surface area contributed by atoms with Gasteiger partial charge in [0.25, 0.3) is 0 Å². The number of benzene rings is 1. The first-order chi connectivity index (χ1) is 9.34. The van der Waals surface area contributed by atoms with Gasteiger partial charge in [-0.05, 0) is 35.2 Å². The fraction of sp³-hybridized carbons (Fsp3) is 0.250. The van der Waals surface area contributed by atoms with E-state index in [-0.39, 0.29) is 5.78 Å². The van der Waals surface area contributed by atoms with Crippen molar-refractivity contribution < 1.29 is 9.53 Å². The van der Waals surface area contributed by atoms with Gasteiger partial charge in [-0.2, -0.15) is 0 Å². The summed E-state index contributed by atoms with van der Waals surface area (Å²) in [5.41, 5.74) is 3.22. The normalized spacial score (nSPS) is 17.8. The summed E-state index contributed by atoms with van der Waals surface area (Å²) in [4.78, 5) is 16.3. The molecule has 1 aliphatic heterocycles. The number of hydrogen-bond acceptors (Lipinski definition) is 3. The van der Waals surface area contributed by atoms with Gasteiger partial charge in [0.2, 0.25) is 0 Å². The van der Waals surface area contributed by atoms with E-state index in [1.807, 2.05) is 30.3 Å². The Kier molecular flexibility index (Phi) is 3.38. The van der Waals surface area contributed by atoms with E-state index in [2.05, 4.69) is 11.1 Å². The van der Waals surface area contributed by atoms with Gasteiger partial charge in [-0.1, -0.05) is 24.3 Å². The summed E-state index contributed by atoms with van der Waals surface area (Å²) in [6, 6.07) is 11.8. The molecule has 1 aromatic heterocycles. The quantitative estimate of drug-likeness (QED) is 0.843. The first kappa shape index (κ1) is 12.1. The summed E-state index contributed by atoms with van der Waals surface area (Å²) in [7, 11) is 0. The summed E-state index contributed by atoms with van der Waals surface area (Å²) < 4.78 is 5.67. The zero-order valence-electron chi connectivity index (χ0n) is 10.6. The summed E-state index contributed by atoms with van der Waals surface area (Å²) in [6.45, 7) is 0.615. The SMILES string of the molecule is O=C(Cc1ccncc1)C1OCCc2ccccc21. The molecule has 3 nitrogen and oxygen atoms in total. The number of pyridine rings is 1. The van der Waals surface area contributed by atoms with E-state index in [0.29, 0.717) is 13.0 Å². The van der Waals surface area contributed by atoms with Gasteiger partial charge in [-0.25, -0.2) is 0 Å². The first-order valence-corrected chi connectivity index (χ1v) is 6.45. The van der Waals surface area contributed by atoms with Crippen molar-refractivity contribution in [1.29, 1.82) is 0 Å². The standard InChI is InChI=1S/C16H15NO2/c18-15(11-12-5-8-17-9-6-12)16-14-4-2-1-3-13(14)7-10-19-16/h1-6,8-9,16H,7,10-11H2. The minimum absolute atomic E-state index is 0.110. The maximum Gasteiger partial charge on any atom is 0.170 e. The molecule has 2 aromatic rings. The maximum atomic E-state index is 12.4. The molecule has 1 aliphatic rings. The molecule has 0 fully saturated rings. The van der Waals surface area contributed by atoms with Crippen molar-refractivity contribution in [2.45, 2.75) is 18.9 Å². The molecule has 1 atom stereocenters. The summed E-state index contributed by atoms with van der Waals surface area (Å²) in [6.07, 6.45) is 4.27. The topological polar surface area (TPSA) is 39.2 Å². The third-order valence-electron chi connectivity index (χ3n) is 3.41. The van der Waals surface area contributed by atoms with Gasteiger partial charge < -0.3 is 4.74 Å². The molecule has 96 valence electrons. The van der Waals surface area contributed by atoms with Crippen LogP contribution in [0.4, 0.5) is 0 Å². The molecule has 0 amide bonds. The number of ketones is 1. The lowest BCUT2D eigenvalue weighted by Crippen LogP contribution is -2.24. The van der Waals surface area contributed by atoms with Gasteiger partial charge in [0.1, 0.15) is 6.10 Å². The van der Waals surface area contributed by atoms with Crippen molar-refractivity contribution >= 4 is 5.78 Å². The van der Waals surface area contributed by atoms with Gasteiger partial charge in [-0.3, -0.25) is 9.78 Å². The molecule has 0 saturated carbocycles. The average Bonchev–Trinajstić information content (AvgIpc) is 2.47. The highest BCUT2D eigenvalue weighted by Gasteiger charge is 2.26. The van der Waals surface area contributed by atoms with E-state index in [1.54, 1.807) is 12.4 Å². The number of fused-ring (bicyclic) bond motifs is 1. The molecule has 1 unspecified atom stereocenters. The van der Waals surface area contributed by atoms with Crippen LogP contribution in [0.5, 0.6) is 0 Å². The lowest BCUT2D eigenvalue weighted by Gasteiger charge is -2.25. The number of nitrogens with zero attached hydrogens (tertiary/aromatic N) is 1. The van der Waals surface area contributed by atoms with Crippen molar-refractivity contribution in [3.63, 3.8) is 0 Å². The second-order valence-electron chi connectivity index (χ2n) is 4.70. The van der Waals surface area contributed by atoms with Crippen LogP contribution >= 0.6 is 0 Å². The summed E-state index contributed by atoms with van der Waals surface area (Å²) >= 11 is 0. The number of carbonyl (C=O) groups is 1. The van der Waals surface area contributed by atoms with E-state index >= 15 is 0 Å². The van der Waals surface area contributed by atoms with Crippen molar-refractivity contribution in [2.24, 2.45) is 0 Å². The number of carbonyl (C=O) groups excluding carboxylic acids is 1. The minimum atomic E-state index is -0.418. The molecule has 0 saturated heterocycles. The van der Waals surface area contributed by atoms with Gasteiger partial charge in [0.15, 0.2) is 5.78 Å². The van der Waals surface area contributed by atoms with Crippen LogP contribution in [0.2, 0.25) is 0 Å². The Morgan fingerprint density at radius 2 is 2.00 bits per heavy atom. The Balaban J connectivity index is 1.82. The second-order valence-corrected chi connectivity index (χ2v) is 4.70. The average molecular weight is 253 g/mol. The van der Waals surface area contributed by atoms with Crippen LogP contribution < -0.4 is 0 Å². The smallest absolute Gasteiger partial charge is 0.170 e. The third kappa shape index (κ3) is 2.56. The van der Waals surface area contributed by atoms with Crippen molar-refractivity contribution in [3.05, 3.63) is 65.5 Å². The molecule has 0 bridgehead atoms. The maximum absolute atomic E-state index is 12.4. The van der Waals surface area contributed by atoms with Gasteiger partial charge in [0.05, 0.1) is 6.61 Å². The highest BCUT2D eigenvalue weighted by molar-refractivity contribution is 5.86. The molecule has 1 aromatic carbocycles. The summed E-state index contributed by atoms with van der Waals surface area (Å²) in [5, 5.41) is 0. The number of Topliss-reactive ketones (excluding diaryl/α,β-unsaturated/α-hetero) is 1. The van der Waals surface area contributed by atoms with Crippen molar-refractivity contribution in [3.8, 4) is 0 Å². The molecule has 3 rings (SSSR count). The third-order valence-corrected chi connectivity index (χ3v) is 3.41. The summed E-state index contributed by atoms with van der Waals surface area (Å²) in [5.74, 6) is 0.110. The number of hydrogen-bond donors (Lipinski definition) is 0. The van der Waals surface area contributed by atoms with E-state index in [0.717, 1.165) is 17.5 Å². The molecular formula is C16H15NO2. The zero-order valence-corrected chi connectivity index (χ0v) is 10.6. The van der Waals surface area contributed by atoms with Crippen molar-refractivity contribution in [1.82, 2.24) is 4.98 Å². The molecule has 0 aliphatic carbocycles. The molecule has 2 heterocycles. The monoisotopic (exact) mass is 253 g/mol. The Bertz CT molecular complexity index is 580. The number of rotatable bonds is 3. The molecule has 3 heteroatoms. The lowest BCUT2D eigenvalue weighted by atomic mass is 9.93. The molecule has 0 spiro atoms. The van der Waals surface area contributed by atoms with Gasteiger partial charge >= 0.3 is 0 Å². The fourth-order valence-corrected chi connectivity index (χ4v) is 2.46. The Morgan fingerprint density at radius 3 is 2.84 bits per heavy atom. The van der Waals surface area contributed by atoms with Crippen LogP contribution in [0.15, 0.2) is 48.8 Å². The molecular weight excluding hydrogens is 238 g/mol. The van der Waals surface area contributed by atoms with Crippen LogP contribution in [-0.4, -0.2) is 17.4 Å². The predicted octanol–water partition coefficient (Wildman–Crippen LogP) is 2.51. The van der Waals surface area contributed by atoms with Gasteiger partial charge in [-0.15, -0.1) is 0 Å². The molecule has 19 heavy (non-hydrogen) atoms. The van der Waals surface area contributed by atoms with Crippen molar-refractivity contribution in [2.75, 3.05) is 6.61 Å². The molecule has 0 N–H and O–H groups in total. The number of ether oxygens (including phenoxy) is 1. The predicted molar refractivity (Wildman–Crippen MR) is 71.8 cm³/mol. The second kappa shape index (κ2) is 5.33.